The highest BCUT2D eigenvalue weighted by molar-refractivity contribution is 7.89. The summed E-state index contributed by atoms with van der Waals surface area (Å²) in [4.78, 5) is 7.08. The zero-order valence-corrected chi connectivity index (χ0v) is 16.2. The van der Waals surface area contributed by atoms with E-state index in [0.717, 1.165) is 25.0 Å². The fourth-order valence-corrected chi connectivity index (χ4v) is 4.73. The van der Waals surface area contributed by atoms with E-state index in [-0.39, 0.29) is 11.5 Å². The van der Waals surface area contributed by atoms with Gasteiger partial charge in [-0.2, -0.15) is 4.31 Å². The first-order chi connectivity index (χ1) is 13.6. The number of rotatable bonds is 7. The van der Waals surface area contributed by atoms with Crippen molar-refractivity contribution in [3.8, 4) is 5.75 Å². The van der Waals surface area contributed by atoms with Crippen LogP contribution in [0.2, 0.25) is 0 Å². The Morgan fingerprint density at radius 1 is 0.964 bits per heavy atom. The molecule has 148 valence electrons. The number of hydrogen-bond donors (Lipinski definition) is 0. The first-order valence-corrected chi connectivity index (χ1v) is 10.8. The summed E-state index contributed by atoms with van der Waals surface area (Å²) < 4.78 is 32.9. The average molecular weight is 402 g/mol. The number of sulfonamides is 1. The van der Waals surface area contributed by atoms with Crippen LogP contribution in [0.25, 0.3) is 11.0 Å². The number of ether oxygens (including phenoxy) is 1. The van der Waals surface area contributed by atoms with Gasteiger partial charge in [-0.15, -0.1) is 5.10 Å². The largest absolute Gasteiger partial charge is 0.490 e. The highest BCUT2D eigenvalue weighted by atomic mass is 32.2. The zero-order valence-electron chi connectivity index (χ0n) is 15.4. The van der Waals surface area contributed by atoms with Crippen molar-refractivity contribution in [3.63, 3.8) is 0 Å². The molecule has 1 aliphatic rings. The summed E-state index contributed by atoms with van der Waals surface area (Å²) in [6.45, 7) is 1.70. The molecule has 1 fully saturated rings. The Kier molecular flexibility index (Phi) is 5.45. The number of piperidine rings is 1. The van der Waals surface area contributed by atoms with Crippen LogP contribution in [-0.4, -0.2) is 54.2 Å². The Hall–Kier alpha value is -2.65. The Morgan fingerprint density at radius 2 is 1.75 bits per heavy atom. The lowest BCUT2D eigenvalue weighted by Gasteiger charge is -2.25. The monoisotopic (exact) mass is 402 g/mol. The Bertz CT molecular complexity index is 1030. The lowest BCUT2D eigenvalue weighted by atomic mass is 10.2. The summed E-state index contributed by atoms with van der Waals surface area (Å²) in [7, 11) is -3.53. The van der Waals surface area contributed by atoms with Gasteiger partial charge in [-0.1, -0.05) is 29.5 Å². The fourth-order valence-electron chi connectivity index (χ4n) is 3.19. The van der Waals surface area contributed by atoms with Gasteiger partial charge in [-0.05, 0) is 48.4 Å². The van der Waals surface area contributed by atoms with E-state index in [4.69, 9.17) is 9.57 Å². The van der Waals surface area contributed by atoms with Gasteiger partial charge in [0, 0.05) is 13.1 Å². The molecule has 9 heteroatoms. The first-order valence-electron chi connectivity index (χ1n) is 9.31. The van der Waals surface area contributed by atoms with Crippen LogP contribution in [0.15, 0.2) is 53.4 Å². The van der Waals surface area contributed by atoms with Gasteiger partial charge in [0.15, 0.2) is 6.61 Å². The van der Waals surface area contributed by atoms with E-state index in [9.17, 15) is 8.42 Å². The van der Waals surface area contributed by atoms with Crippen LogP contribution < -0.4 is 9.57 Å². The predicted molar refractivity (Wildman–Crippen MR) is 104 cm³/mol. The molecule has 0 spiro atoms. The Morgan fingerprint density at radius 3 is 2.54 bits per heavy atom. The lowest BCUT2D eigenvalue weighted by Crippen LogP contribution is -2.35. The van der Waals surface area contributed by atoms with E-state index < -0.39 is 10.0 Å². The van der Waals surface area contributed by atoms with Crippen molar-refractivity contribution in [3.05, 3.63) is 48.5 Å². The van der Waals surface area contributed by atoms with Gasteiger partial charge in [-0.25, -0.2) is 8.42 Å². The molecule has 1 aromatic heterocycles. The smallest absolute Gasteiger partial charge is 0.243 e. The van der Waals surface area contributed by atoms with E-state index in [0.29, 0.717) is 30.7 Å². The maximum atomic E-state index is 12.9. The van der Waals surface area contributed by atoms with E-state index >= 15 is 0 Å². The average Bonchev–Trinajstić information content (AvgIpc) is 3.15. The van der Waals surface area contributed by atoms with Crippen molar-refractivity contribution in [2.45, 2.75) is 24.2 Å². The second kappa shape index (κ2) is 8.15. The summed E-state index contributed by atoms with van der Waals surface area (Å²) in [5.41, 5.74) is 1.08. The Balaban J connectivity index is 1.47. The molecule has 3 aromatic rings. The SMILES string of the molecule is O=S(=O)(c1ccc2nnn(OCCOc3ccccc3)c2c1)N1CCCCC1. The normalized spacial score (nSPS) is 15.6. The summed E-state index contributed by atoms with van der Waals surface area (Å²) in [5.74, 6) is 0.754. The van der Waals surface area contributed by atoms with E-state index in [1.165, 1.54) is 4.85 Å². The zero-order chi connectivity index (χ0) is 19.4. The van der Waals surface area contributed by atoms with Crippen LogP contribution in [-0.2, 0) is 10.0 Å². The second-order valence-electron chi connectivity index (χ2n) is 6.57. The van der Waals surface area contributed by atoms with Gasteiger partial charge in [0.1, 0.15) is 23.4 Å². The molecule has 8 nitrogen and oxygen atoms in total. The summed E-state index contributed by atoms with van der Waals surface area (Å²) in [6, 6.07) is 14.2. The van der Waals surface area contributed by atoms with Crippen LogP contribution >= 0.6 is 0 Å². The van der Waals surface area contributed by atoms with E-state index in [1.807, 2.05) is 30.3 Å². The number of para-hydroxylation sites is 1. The molecule has 0 saturated carbocycles. The summed E-state index contributed by atoms with van der Waals surface area (Å²) in [5, 5.41) is 7.99. The van der Waals surface area contributed by atoms with Crippen LogP contribution in [0.5, 0.6) is 5.75 Å². The van der Waals surface area contributed by atoms with Crippen LogP contribution in [0.4, 0.5) is 0 Å². The van der Waals surface area contributed by atoms with Gasteiger partial charge < -0.3 is 9.57 Å². The van der Waals surface area contributed by atoms with Gasteiger partial charge in [-0.3, -0.25) is 0 Å². The molecule has 0 amide bonds. The third-order valence-corrected chi connectivity index (χ3v) is 6.54. The lowest BCUT2D eigenvalue weighted by molar-refractivity contribution is 0.0639. The molecule has 0 aliphatic carbocycles. The quantitative estimate of drug-likeness (QED) is 0.563. The maximum Gasteiger partial charge on any atom is 0.243 e. The predicted octanol–water partition coefficient (Wildman–Crippen LogP) is 2.11. The Labute approximate surface area is 163 Å². The third kappa shape index (κ3) is 3.95. The maximum absolute atomic E-state index is 12.9. The molecule has 1 aliphatic heterocycles. The molecule has 1 saturated heterocycles. The number of hydrogen-bond acceptors (Lipinski definition) is 6. The number of fused-ring (bicyclic) bond motifs is 1. The minimum absolute atomic E-state index is 0.231. The van der Waals surface area contributed by atoms with Crippen molar-refractivity contribution >= 4 is 21.1 Å². The number of aromatic nitrogens is 3. The highest BCUT2D eigenvalue weighted by Crippen LogP contribution is 2.23. The summed E-state index contributed by atoms with van der Waals surface area (Å²) >= 11 is 0. The van der Waals surface area contributed by atoms with Gasteiger partial charge in [0.05, 0.1) is 4.90 Å². The minimum Gasteiger partial charge on any atom is -0.490 e. The minimum atomic E-state index is -3.53. The van der Waals surface area contributed by atoms with Gasteiger partial charge in [0.2, 0.25) is 10.0 Å². The molecular weight excluding hydrogens is 380 g/mol. The molecule has 0 radical (unpaired) electrons. The molecule has 2 heterocycles. The van der Waals surface area contributed by atoms with Crippen molar-refractivity contribution in [2.75, 3.05) is 26.3 Å². The number of benzene rings is 2. The fraction of sp³-hybridized carbons (Fsp3) is 0.368. The van der Waals surface area contributed by atoms with Gasteiger partial charge in [0.25, 0.3) is 0 Å². The van der Waals surface area contributed by atoms with Crippen molar-refractivity contribution in [1.82, 2.24) is 19.5 Å². The standard InChI is InChI=1S/C19H22N4O4S/c24-28(25,22-11-5-2-6-12-22)17-9-10-18-19(15-17)23(21-20-18)27-14-13-26-16-7-3-1-4-8-16/h1,3-4,7-10,15H,2,5-6,11-14H2. The van der Waals surface area contributed by atoms with Crippen molar-refractivity contribution in [1.29, 1.82) is 0 Å². The van der Waals surface area contributed by atoms with E-state index in [2.05, 4.69) is 10.3 Å². The molecular formula is C19H22N4O4S. The van der Waals surface area contributed by atoms with Crippen LogP contribution in [0.3, 0.4) is 0 Å². The van der Waals surface area contributed by atoms with E-state index in [1.54, 1.807) is 22.5 Å². The molecule has 0 bridgehead atoms. The second-order valence-corrected chi connectivity index (χ2v) is 8.51. The number of nitrogens with zero attached hydrogens (tertiary/aromatic N) is 4. The molecule has 2 aromatic carbocycles. The van der Waals surface area contributed by atoms with Crippen molar-refractivity contribution in [2.24, 2.45) is 0 Å². The van der Waals surface area contributed by atoms with Crippen LogP contribution in [0, 0.1) is 0 Å². The molecule has 28 heavy (non-hydrogen) atoms. The van der Waals surface area contributed by atoms with Crippen molar-refractivity contribution < 1.29 is 18.0 Å². The molecule has 0 N–H and O–H groups in total. The topological polar surface area (TPSA) is 86.5 Å². The summed E-state index contributed by atoms with van der Waals surface area (Å²) in [6.07, 6.45) is 2.86. The highest BCUT2D eigenvalue weighted by Gasteiger charge is 2.26. The van der Waals surface area contributed by atoms with Gasteiger partial charge >= 0.3 is 0 Å². The molecule has 4 rings (SSSR count). The first kappa shape index (κ1) is 18.7. The molecule has 0 atom stereocenters. The van der Waals surface area contributed by atoms with Crippen LogP contribution in [0.1, 0.15) is 19.3 Å². The molecule has 0 unspecified atom stereocenters. The third-order valence-electron chi connectivity index (χ3n) is 4.65.